The van der Waals surface area contributed by atoms with Crippen LogP contribution in [-0.2, 0) is 0 Å². The van der Waals surface area contributed by atoms with Gasteiger partial charge in [0.1, 0.15) is 0 Å². The van der Waals surface area contributed by atoms with Crippen LogP contribution < -0.4 is 11.5 Å². The Labute approximate surface area is 122 Å². The van der Waals surface area contributed by atoms with Crippen molar-refractivity contribution in [3.63, 3.8) is 0 Å². The lowest BCUT2D eigenvalue weighted by Crippen LogP contribution is -1.97. The molecule has 0 aliphatic heterocycles. The molecule has 0 rings (SSSR count). The van der Waals surface area contributed by atoms with E-state index in [1.807, 2.05) is 0 Å². The van der Waals surface area contributed by atoms with Crippen LogP contribution in [0.3, 0.4) is 0 Å². The summed E-state index contributed by atoms with van der Waals surface area (Å²) in [5, 5.41) is 0. The summed E-state index contributed by atoms with van der Waals surface area (Å²) in [7, 11) is 0. The van der Waals surface area contributed by atoms with Crippen molar-refractivity contribution in [2.45, 2.75) is 97.3 Å². The second-order valence-electron chi connectivity index (χ2n) is 5.47. The minimum Gasteiger partial charge on any atom is -0.330 e. The first-order valence-electron chi connectivity index (χ1n) is 8.73. The van der Waals surface area contributed by atoms with E-state index in [1.54, 1.807) is 0 Å². The monoisotopic (exact) mass is 272 g/mol. The number of unbranched alkanes of at least 4 members (excludes halogenated alkanes) is 11. The molecular formula is C17H40N2. The van der Waals surface area contributed by atoms with Crippen molar-refractivity contribution >= 4 is 0 Å². The molecule has 2 nitrogen and oxygen atoms in total. The van der Waals surface area contributed by atoms with Gasteiger partial charge >= 0.3 is 0 Å². The Bertz CT molecular complexity index is 112. The molecule has 0 radical (unpaired) electrons. The number of hydrogen-bond donors (Lipinski definition) is 2. The van der Waals surface area contributed by atoms with Crippen LogP contribution in [0.5, 0.6) is 0 Å². The Morgan fingerprint density at radius 1 is 0.421 bits per heavy atom. The highest BCUT2D eigenvalue weighted by Crippen LogP contribution is 2.09. The zero-order valence-corrected chi connectivity index (χ0v) is 13.8. The van der Waals surface area contributed by atoms with Gasteiger partial charge in [-0.3, -0.25) is 0 Å². The van der Waals surface area contributed by atoms with Crippen molar-refractivity contribution in [3.8, 4) is 0 Å². The highest BCUT2D eigenvalue weighted by molar-refractivity contribution is 4.47. The third kappa shape index (κ3) is 27.2. The molecule has 0 atom stereocenters. The van der Waals surface area contributed by atoms with E-state index in [1.165, 1.54) is 83.5 Å². The van der Waals surface area contributed by atoms with Crippen LogP contribution in [0.25, 0.3) is 0 Å². The van der Waals surface area contributed by atoms with Crippen molar-refractivity contribution in [2.75, 3.05) is 13.1 Å². The van der Waals surface area contributed by atoms with Crippen LogP contribution in [0.4, 0.5) is 0 Å². The Balaban J connectivity index is 0. The normalized spacial score (nSPS) is 10.1. The van der Waals surface area contributed by atoms with Crippen molar-refractivity contribution in [3.05, 3.63) is 0 Å². The van der Waals surface area contributed by atoms with Crippen molar-refractivity contribution < 1.29 is 0 Å². The molecule has 0 amide bonds. The van der Waals surface area contributed by atoms with Crippen LogP contribution >= 0.6 is 0 Å². The fourth-order valence-electron chi connectivity index (χ4n) is 2.03. The summed E-state index contributed by atoms with van der Waals surface area (Å²) >= 11 is 0. The van der Waals surface area contributed by atoms with Crippen molar-refractivity contribution in [2.24, 2.45) is 11.5 Å². The third-order valence-corrected chi connectivity index (χ3v) is 3.37. The predicted molar refractivity (Wildman–Crippen MR) is 89.5 cm³/mol. The van der Waals surface area contributed by atoms with Gasteiger partial charge in [-0.05, 0) is 25.9 Å². The summed E-state index contributed by atoms with van der Waals surface area (Å²) in [6.45, 7) is 6.17. The quantitative estimate of drug-likeness (QED) is 0.463. The zero-order chi connectivity index (χ0) is 14.6. The molecule has 0 aliphatic rings. The fourth-order valence-corrected chi connectivity index (χ4v) is 2.03. The lowest BCUT2D eigenvalue weighted by atomic mass is 10.1. The maximum Gasteiger partial charge on any atom is -0.00773 e. The molecular weight excluding hydrogens is 232 g/mol. The summed E-state index contributed by atoms with van der Waals surface area (Å²) in [6, 6.07) is 0. The van der Waals surface area contributed by atoms with Gasteiger partial charge in [0.15, 0.2) is 0 Å². The zero-order valence-electron chi connectivity index (χ0n) is 13.8. The summed E-state index contributed by atoms with van der Waals surface area (Å²) < 4.78 is 0. The van der Waals surface area contributed by atoms with Gasteiger partial charge in [-0.2, -0.15) is 0 Å². The van der Waals surface area contributed by atoms with E-state index in [0.717, 1.165) is 13.1 Å². The van der Waals surface area contributed by atoms with Gasteiger partial charge in [-0.25, -0.2) is 0 Å². The summed E-state index contributed by atoms with van der Waals surface area (Å²) in [5.41, 5.74) is 10.6. The van der Waals surface area contributed by atoms with Crippen LogP contribution in [-0.4, -0.2) is 13.1 Å². The van der Waals surface area contributed by atoms with Gasteiger partial charge in [0.2, 0.25) is 0 Å². The van der Waals surface area contributed by atoms with E-state index in [9.17, 15) is 0 Å². The SMILES string of the molecule is CCCCCCCCCCCCN.CCCCCN. The smallest absolute Gasteiger partial charge is 0.00773 e. The lowest BCUT2D eigenvalue weighted by Gasteiger charge is -2.00. The van der Waals surface area contributed by atoms with Gasteiger partial charge in [0.25, 0.3) is 0 Å². The minimum atomic E-state index is 0.855. The largest absolute Gasteiger partial charge is 0.330 e. The van der Waals surface area contributed by atoms with Crippen LogP contribution in [0, 0.1) is 0 Å². The highest BCUT2D eigenvalue weighted by atomic mass is 14.5. The standard InChI is InChI=1S/C12H27N.C5H13N/c1-2-3-4-5-6-7-8-9-10-11-12-13;1-2-3-4-5-6/h2-13H2,1H3;2-6H2,1H3. The molecule has 0 aliphatic carbocycles. The lowest BCUT2D eigenvalue weighted by molar-refractivity contribution is 0.558. The van der Waals surface area contributed by atoms with Gasteiger partial charge in [-0.1, -0.05) is 84.5 Å². The molecule has 0 heterocycles. The topological polar surface area (TPSA) is 52.0 Å². The second-order valence-corrected chi connectivity index (χ2v) is 5.47. The Morgan fingerprint density at radius 2 is 0.684 bits per heavy atom. The van der Waals surface area contributed by atoms with Crippen LogP contribution in [0.15, 0.2) is 0 Å². The third-order valence-electron chi connectivity index (χ3n) is 3.37. The first kappa shape index (κ1) is 21.2. The minimum absolute atomic E-state index is 0.855. The van der Waals surface area contributed by atoms with Crippen LogP contribution in [0.2, 0.25) is 0 Å². The van der Waals surface area contributed by atoms with Crippen molar-refractivity contribution in [1.82, 2.24) is 0 Å². The van der Waals surface area contributed by atoms with Gasteiger partial charge < -0.3 is 11.5 Å². The Morgan fingerprint density at radius 3 is 1.00 bits per heavy atom. The molecule has 0 aromatic carbocycles. The Kier molecular flexibility index (Phi) is 25.7. The van der Waals surface area contributed by atoms with Gasteiger partial charge in [-0.15, -0.1) is 0 Å². The highest BCUT2D eigenvalue weighted by Gasteiger charge is 1.91. The molecule has 0 saturated heterocycles. The predicted octanol–water partition coefficient (Wildman–Crippen LogP) is 5.00. The molecule has 2 heteroatoms. The molecule has 0 aromatic rings. The number of rotatable bonds is 13. The average molecular weight is 273 g/mol. The van der Waals surface area contributed by atoms with Gasteiger partial charge in [0, 0.05) is 0 Å². The van der Waals surface area contributed by atoms with Gasteiger partial charge in [0.05, 0.1) is 0 Å². The number of nitrogens with two attached hydrogens (primary N) is 2. The van der Waals surface area contributed by atoms with Crippen molar-refractivity contribution in [1.29, 1.82) is 0 Å². The molecule has 19 heavy (non-hydrogen) atoms. The van der Waals surface area contributed by atoms with E-state index < -0.39 is 0 Å². The van der Waals surface area contributed by atoms with Crippen LogP contribution in [0.1, 0.15) is 97.3 Å². The maximum atomic E-state index is 5.42. The molecule has 0 aromatic heterocycles. The van der Waals surface area contributed by atoms with E-state index >= 15 is 0 Å². The molecule has 0 fully saturated rings. The maximum absolute atomic E-state index is 5.42. The Hall–Kier alpha value is -0.0800. The first-order valence-corrected chi connectivity index (χ1v) is 8.73. The fraction of sp³-hybridized carbons (Fsp3) is 1.00. The molecule has 118 valence electrons. The molecule has 0 bridgehead atoms. The van der Waals surface area contributed by atoms with E-state index in [0.29, 0.717) is 0 Å². The molecule has 0 spiro atoms. The van der Waals surface area contributed by atoms with E-state index in [2.05, 4.69) is 13.8 Å². The second kappa shape index (κ2) is 23.0. The van der Waals surface area contributed by atoms with E-state index in [-0.39, 0.29) is 0 Å². The molecule has 4 N–H and O–H groups in total. The molecule has 0 saturated carbocycles. The average Bonchev–Trinajstić information content (AvgIpc) is 2.44. The summed E-state index contributed by atoms with van der Waals surface area (Å²) in [5.74, 6) is 0. The molecule has 0 unspecified atom stereocenters. The first-order chi connectivity index (χ1) is 9.33. The number of hydrogen-bond acceptors (Lipinski definition) is 2. The summed E-state index contributed by atoms with van der Waals surface area (Å²) in [4.78, 5) is 0. The van der Waals surface area contributed by atoms with E-state index in [4.69, 9.17) is 11.5 Å². The summed E-state index contributed by atoms with van der Waals surface area (Å²) in [6.07, 6.45) is 17.7.